The fourth-order valence-corrected chi connectivity index (χ4v) is 2.62. The van der Waals surface area contributed by atoms with Crippen LogP contribution in [0.2, 0.25) is 0 Å². The van der Waals surface area contributed by atoms with Gasteiger partial charge in [-0.15, -0.1) is 0 Å². The van der Waals surface area contributed by atoms with Crippen LogP contribution in [0.1, 0.15) is 73.6 Å². The van der Waals surface area contributed by atoms with E-state index >= 15 is 0 Å². The average Bonchev–Trinajstić information content (AvgIpc) is 2.07. The van der Waals surface area contributed by atoms with E-state index in [4.69, 9.17) is 0 Å². The monoisotopic (exact) mass is 239 g/mol. The highest BCUT2D eigenvalue weighted by molar-refractivity contribution is 4.84. The Bertz CT molecular complexity index is 219. The molecule has 102 valence electrons. The molecule has 0 amide bonds. The molecular formula is C16H33N. The highest BCUT2D eigenvalue weighted by Gasteiger charge is 2.30. The van der Waals surface area contributed by atoms with E-state index in [-0.39, 0.29) is 5.54 Å². The summed E-state index contributed by atoms with van der Waals surface area (Å²) in [6, 6.07) is 0. The Morgan fingerprint density at radius 3 is 1.94 bits per heavy atom. The molecule has 0 aliphatic heterocycles. The maximum Gasteiger partial charge on any atom is 0.00966 e. The lowest BCUT2D eigenvalue weighted by Crippen LogP contribution is -2.43. The Hall–Kier alpha value is -0.0400. The molecular weight excluding hydrogens is 206 g/mol. The van der Waals surface area contributed by atoms with Gasteiger partial charge in [0.05, 0.1) is 0 Å². The average molecular weight is 239 g/mol. The van der Waals surface area contributed by atoms with Crippen LogP contribution >= 0.6 is 0 Å². The summed E-state index contributed by atoms with van der Waals surface area (Å²) in [6.07, 6.45) is 7.17. The molecule has 1 aliphatic carbocycles. The summed E-state index contributed by atoms with van der Waals surface area (Å²) in [5.41, 5.74) is 0.800. The van der Waals surface area contributed by atoms with E-state index in [1.165, 1.54) is 38.6 Å². The number of hydrogen-bond donors (Lipinski definition) is 1. The third-order valence-electron chi connectivity index (χ3n) is 3.97. The molecule has 0 heterocycles. The minimum absolute atomic E-state index is 0.283. The predicted octanol–water partition coefficient (Wildman–Crippen LogP) is 4.62. The van der Waals surface area contributed by atoms with E-state index in [2.05, 4.69) is 46.9 Å². The molecule has 2 unspecified atom stereocenters. The van der Waals surface area contributed by atoms with Crippen LogP contribution in [0.3, 0.4) is 0 Å². The van der Waals surface area contributed by atoms with Crippen molar-refractivity contribution >= 4 is 0 Å². The van der Waals surface area contributed by atoms with E-state index in [1.54, 1.807) is 0 Å². The Morgan fingerprint density at radius 2 is 1.53 bits per heavy atom. The molecule has 2 atom stereocenters. The SMILES string of the molecule is CC(C)(C)CCCC1CCC1CNC(C)(C)C. The van der Waals surface area contributed by atoms with Crippen LogP contribution in [0.25, 0.3) is 0 Å². The van der Waals surface area contributed by atoms with Gasteiger partial charge in [0.15, 0.2) is 0 Å². The third kappa shape index (κ3) is 6.45. The van der Waals surface area contributed by atoms with E-state index in [0.29, 0.717) is 5.41 Å². The Labute approximate surface area is 109 Å². The summed E-state index contributed by atoms with van der Waals surface area (Å²) in [7, 11) is 0. The maximum absolute atomic E-state index is 3.66. The van der Waals surface area contributed by atoms with E-state index in [9.17, 15) is 0 Å². The zero-order valence-corrected chi connectivity index (χ0v) is 12.9. The van der Waals surface area contributed by atoms with Gasteiger partial charge in [-0.05, 0) is 63.8 Å². The van der Waals surface area contributed by atoms with Crippen LogP contribution in [0.5, 0.6) is 0 Å². The first kappa shape index (κ1) is 15.0. The molecule has 1 fully saturated rings. The molecule has 0 saturated heterocycles. The van der Waals surface area contributed by atoms with Crippen molar-refractivity contribution in [3.8, 4) is 0 Å². The van der Waals surface area contributed by atoms with Crippen molar-refractivity contribution in [2.45, 2.75) is 79.2 Å². The number of rotatable bonds is 5. The van der Waals surface area contributed by atoms with Crippen molar-refractivity contribution in [1.29, 1.82) is 0 Å². The highest BCUT2D eigenvalue weighted by atomic mass is 14.9. The van der Waals surface area contributed by atoms with Crippen molar-refractivity contribution in [3.63, 3.8) is 0 Å². The fourth-order valence-electron chi connectivity index (χ4n) is 2.62. The van der Waals surface area contributed by atoms with Gasteiger partial charge in [-0.1, -0.05) is 33.6 Å². The third-order valence-corrected chi connectivity index (χ3v) is 3.97. The topological polar surface area (TPSA) is 12.0 Å². The quantitative estimate of drug-likeness (QED) is 0.738. The van der Waals surface area contributed by atoms with Gasteiger partial charge in [0.25, 0.3) is 0 Å². The van der Waals surface area contributed by atoms with Gasteiger partial charge < -0.3 is 5.32 Å². The van der Waals surface area contributed by atoms with Crippen molar-refractivity contribution < 1.29 is 0 Å². The molecule has 0 spiro atoms. The Morgan fingerprint density at radius 1 is 0.941 bits per heavy atom. The number of nitrogens with one attached hydrogen (secondary N) is 1. The molecule has 17 heavy (non-hydrogen) atoms. The molecule has 1 rings (SSSR count). The largest absolute Gasteiger partial charge is 0.312 e. The number of hydrogen-bond acceptors (Lipinski definition) is 1. The van der Waals surface area contributed by atoms with Gasteiger partial charge in [-0.2, -0.15) is 0 Å². The minimum atomic E-state index is 0.283. The molecule has 1 aliphatic rings. The second-order valence-corrected chi connectivity index (χ2v) is 8.18. The van der Waals surface area contributed by atoms with Crippen molar-refractivity contribution in [2.24, 2.45) is 17.3 Å². The first-order valence-corrected chi connectivity index (χ1v) is 7.42. The van der Waals surface area contributed by atoms with Crippen LogP contribution in [0, 0.1) is 17.3 Å². The summed E-state index contributed by atoms with van der Waals surface area (Å²) in [5.74, 6) is 1.96. The lowest BCUT2D eigenvalue weighted by molar-refractivity contribution is 0.142. The maximum atomic E-state index is 3.66. The van der Waals surface area contributed by atoms with E-state index in [0.717, 1.165) is 11.8 Å². The van der Waals surface area contributed by atoms with E-state index < -0.39 is 0 Å². The zero-order chi connectivity index (χ0) is 13.1. The lowest BCUT2D eigenvalue weighted by atomic mass is 9.70. The normalized spacial score (nSPS) is 25.8. The minimum Gasteiger partial charge on any atom is -0.312 e. The first-order valence-electron chi connectivity index (χ1n) is 7.42. The molecule has 0 radical (unpaired) electrons. The second kappa shape index (κ2) is 5.73. The molecule has 0 aromatic carbocycles. The van der Waals surface area contributed by atoms with Crippen LogP contribution in [-0.2, 0) is 0 Å². The summed E-state index contributed by atoms with van der Waals surface area (Å²) >= 11 is 0. The van der Waals surface area contributed by atoms with Crippen LogP contribution in [-0.4, -0.2) is 12.1 Å². The lowest BCUT2D eigenvalue weighted by Gasteiger charge is -2.39. The predicted molar refractivity (Wildman–Crippen MR) is 77.3 cm³/mol. The smallest absolute Gasteiger partial charge is 0.00966 e. The molecule has 1 saturated carbocycles. The molecule has 0 aromatic rings. The van der Waals surface area contributed by atoms with Gasteiger partial charge >= 0.3 is 0 Å². The van der Waals surface area contributed by atoms with Crippen molar-refractivity contribution in [3.05, 3.63) is 0 Å². The second-order valence-electron chi connectivity index (χ2n) is 8.18. The van der Waals surface area contributed by atoms with E-state index in [1.807, 2.05) is 0 Å². The summed E-state index contributed by atoms with van der Waals surface area (Å²) < 4.78 is 0. The van der Waals surface area contributed by atoms with Crippen LogP contribution in [0.4, 0.5) is 0 Å². The summed E-state index contributed by atoms with van der Waals surface area (Å²) in [6.45, 7) is 15.1. The van der Waals surface area contributed by atoms with Gasteiger partial charge in [-0.3, -0.25) is 0 Å². The zero-order valence-electron chi connectivity index (χ0n) is 12.9. The van der Waals surface area contributed by atoms with Crippen molar-refractivity contribution in [2.75, 3.05) is 6.54 Å². The Balaban J connectivity index is 2.14. The first-order chi connectivity index (χ1) is 7.67. The van der Waals surface area contributed by atoms with Gasteiger partial charge in [-0.25, -0.2) is 0 Å². The van der Waals surface area contributed by atoms with Gasteiger partial charge in [0, 0.05) is 5.54 Å². The summed E-state index contributed by atoms with van der Waals surface area (Å²) in [5, 5.41) is 3.66. The molecule has 0 bridgehead atoms. The highest BCUT2D eigenvalue weighted by Crippen LogP contribution is 2.38. The van der Waals surface area contributed by atoms with Gasteiger partial charge in [0.1, 0.15) is 0 Å². The van der Waals surface area contributed by atoms with Crippen LogP contribution in [0.15, 0.2) is 0 Å². The van der Waals surface area contributed by atoms with Gasteiger partial charge in [0.2, 0.25) is 0 Å². The summed E-state index contributed by atoms with van der Waals surface area (Å²) in [4.78, 5) is 0. The molecule has 0 aromatic heterocycles. The van der Waals surface area contributed by atoms with Crippen LogP contribution < -0.4 is 5.32 Å². The van der Waals surface area contributed by atoms with Crippen molar-refractivity contribution in [1.82, 2.24) is 5.32 Å². The molecule has 1 N–H and O–H groups in total. The standard InChI is InChI=1S/C16H33N/c1-15(2,3)11-7-8-13-9-10-14(13)12-17-16(4,5)6/h13-14,17H,7-12H2,1-6H3. The molecule has 1 heteroatoms. The fraction of sp³-hybridized carbons (Fsp3) is 1.00. The Kier molecular flexibility index (Phi) is 5.07. The molecule has 1 nitrogen and oxygen atoms in total.